The van der Waals surface area contributed by atoms with Crippen LogP contribution >= 0.6 is 11.6 Å². The molecule has 6 nitrogen and oxygen atoms in total. The third-order valence-electron chi connectivity index (χ3n) is 4.45. The summed E-state index contributed by atoms with van der Waals surface area (Å²) in [6, 6.07) is 0.408. The molecule has 0 spiro atoms. The van der Waals surface area contributed by atoms with E-state index in [1.807, 2.05) is 4.90 Å². The van der Waals surface area contributed by atoms with Gasteiger partial charge in [0.15, 0.2) is 5.69 Å². The Labute approximate surface area is 127 Å². The third kappa shape index (κ3) is 2.31. The number of hydrogen-bond donors (Lipinski definition) is 1. The van der Waals surface area contributed by atoms with Crippen LogP contribution in [0, 0.1) is 0 Å². The van der Waals surface area contributed by atoms with Crippen LogP contribution in [0.2, 0.25) is 5.02 Å². The Morgan fingerprint density at radius 1 is 1.24 bits per heavy atom. The zero-order valence-electron chi connectivity index (χ0n) is 11.6. The van der Waals surface area contributed by atoms with Crippen LogP contribution in [0.15, 0.2) is 0 Å². The van der Waals surface area contributed by atoms with Gasteiger partial charge in [0.25, 0.3) is 5.91 Å². The molecular weight excluding hydrogens is 292 g/mol. The molecule has 1 aromatic heterocycles. The number of carbonyl (C=O) groups excluding carboxylic acids is 2. The van der Waals surface area contributed by atoms with Crippen LogP contribution < -0.4 is 0 Å². The minimum atomic E-state index is -0.244. The molecule has 1 N–H and O–H groups in total. The number of aromatic nitrogens is 2. The van der Waals surface area contributed by atoms with Gasteiger partial charge in [-0.3, -0.25) is 14.7 Å². The Balaban J connectivity index is 1.48. The van der Waals surface area contributed by atoms with Crippen LogP contribution in [-0.4, -0.2) is 57.5 Å². The van der Waals surface area contributed by atoms with Gasteiger partial charge in [0.05, 0.1) is 10.7 Å². The summed E-state index contributed by atoms with van der Waals surface area (Å²) in [5, 5.41) is 7.38. The fourth-order valence-corrected chi connectivity index (χ4v) is 3.23. The first-order chi connectivity index (χ1) is 10.1. The number of hydrogen-bond acceptors (Lipinski definition) is 3. The molecule has 1 aromatic rings. The van der Waals surface area contributed by atoms with Gasteiger partial charge in [-0.05, 0) is 25.7 Å². The highest BCUT2D eigenvalue weighted by molar-refractivity contribution is 6.34. The van der Waals surface area contributed by atoms with Crippen molar-refractivity contribution in [3.8, 4) is 0 Å². The lowest BCUT2D eigenvalue weighted by molar-refractivity contribution is -0.135. The topological polar surface area (TPSA) is 69.3 Å². The maximum absolute atomic E-state index is 12.5. The fraction of sp³-hybridized carbons (Fsp3) is 0.643. The molecule has 2 heterocycles. The van der Waals surface area contributed by atoms with Gasteiger partial charge in [0.1, 0.15) is 6.54 Å². The second kappa shape index (κ2) is 4.73. The molecule has 1 saturated heterocycles. The van der Waals surface area contributed by atoms with Crippen LogP contribution in [0.3, 0.4) is 0 Å². The summed E-state index contributed by atoms with van der Waals surface area (Å²) in [7, 11) is 0. The zero-order valence-corrected chi connectivity index (χ0v) is 12.4. The van der Waals surface area contributed by atoms with Crippen LogP contribution in [0.1, 0.15) is 47.8 Å². The van der Waals surface area contributed by atoms with Gasteiger partial charge in [0, 0.05) is 25.0 Å². The molecule has 3 fully saturated rings. The highest BCUT2D eigenvalue weighted by atomic mass is 35.5. The largest absolute Gasteiger partial charge is 0.336 e. The first-order valence-electron chi connectivity index (χ1n) is 7.47. The lowest BCUT2D eigenvalue weighted by Crippen LogP contribution is -2.53. The highest BCUT2D eigenvalue weighted by Gasteiger charge is 2.38. The van der Waals surface area contributed by atoms with Crippen LogP contribution in [0.4, 0.5) is 0 Å². The fourth-order valence-electron chi connectivity index (χ4n) is 2.91. The van der Waals surface area contributed by atoms with Gasteiger partial charge in [0.2, 0.25) is 5.91 Å². The van der Waals surface area contributed by atoms with E-state index in [4.69, 9.17) is 11.6 Å². The molecule has 0 aromatic carbocycles. The number of piperazine rings is 1. The van der Waals surface area contributed by atoms with Gasteiger partial charge >= 0.3 is 0 Å². The van der Waals surface area contributed by atoms with Crippen molar-refractivity contribution in [2.75, 3.05) is 19.6 Å². The molecule has 0 bridgehead atoms. The summed E-state index contributed by atoms with van der Waals surface area (Å²) in [5.41, 5.74) is 1.12. The first-order valence-corrected chi connectivity index (χ1v) is 7.85. The van der Waals surface area contributed by atoms with E-state index < -0.39 is 0 Å². The van der Waals surface area contributed by atoms with Crippen molar-refractivity contribution in [3.63, 3.8) is 0 Å². The maximum atomic E-state index is 12.5. The van der Waals surface area contributed by atoms with Crippen LogP contribution in [0.5, 0.6) is 0 Å². The molecule has 2 saturated carbocycles. The van der Waals surface area contributed by atoms with Crippen molar-refractivity contribution in [1.82, 2.24) is 20.0 Å². The van der Waals surface area contributed by atoms with Gasteiger partial charge in [-0.25, -0.2) is 0 Å². The lowest BCUT2D eigenvalue weighted by Gasteiger charge is -2.34. The normalized spacial score (nSPS) is 22.8. The number of nitrogens with one attached hydrogen (secondary N) is 1. The second-order valence-corrected chi connectivity index (χ2v) is 6.50. The van der Waals surface area contributed by atoms with E-state index >= 15 is 0 Å². The molecule has 0 unspecified atom stereocenters. The van der Waals surface area contributed by atoms with Crippen molar-refractivity contribution in [2.24, 2.45) is 0 Å². The molecule has 21 heavy (non-hydrogen) atoms. The van der Waals surface area contributed by atoms with Gasteiger partial charge in [-0.1, -0.05) is 11.6 Å². The van der Waals surface area contributed by atoms with Crippen molar-refractivity contribution in [1.29, 1.82) is 0 Å². The molecule has 1 aliphatic heterocycles. The average Bonchev–Trinajstić information content (AvgIpc) is 3.37. The Morgan fingerprint density at radius 3 is 2.62 bits per heavy atom. The zero-order chi connectivity index (χ0) is 14.6. The van der Waals surface area contributed by atoms with E-state index in [1.165, 1.54) is 0 Å². The summed E-state index contributed by atoms with van der Waals surface area (Å²) in [6.07, 6.45) is 4.37. The minimum Gasteiger partial charge on any atom is -0.336 e. The summed E-state index contributed by atoms with van der Waals surface area (Å²) >= 11 is 6.26. The number of nitrogens with zero attached hydrogens (tertiary/aromatic N) is 3. The van der Waals surface area contributed by atoms with E-state index in [0.29, 0.717) is 30.1 Å². The van der Waals surface area contributed by atoms with Crippen LogP contribution in [0.25, 0.3) is 0 Å². The summed E-state index contributed by atoms with van der Waals surface area (Å²) in [6.45, 7) is 1.31. The smallest absolute Gasteiger partial charge is 0.276 e. The number of carbonyl (C=O) groups is 2. The number of halogens is 1. The second-order valence-electron chi connectivity index (χ2n) is 6.12. The Bertz CT molecular complexity index is 606. The molecule has 0 atom stereocenters. The number of rotatable bonds is 3. The maximum Gasteiger partial charge on any atom is 0.276 e. The van der Waals surface area contributed by atoms with E-state index in [2.05, 4.69) is 10.2 Å². The Morgan fingerprint density at radius 2 is 2.00 bits per heavy atom. The molecule has 2 aliphatic carbocycles. The van der Waals surface area contributed by atoms with Crippen LogP contribution in [-0.2, 0) is 4.79 Å². The summed E-state index contributed by atoms with van der Waals surface area (Å²) in [5.74, 6) is 0.206. The number of amides is 2. The Kier molecular flexibility index (Phi) is 2.96. The quantitative estimate of drug-likeness (QED) is 0.917. The van der Waals surface area contributed by atoms with Gasteiger partial charge in [-0.2, -0.15) is 5.10 Å². The SMILES string of the molecule is O=C(c1n[nH]c(C2CC2)c1Cl)N1CCN(C2CC2)C(=O)C1. The molecule has 4 rings (SSSR count). The van der Waals surface area contributed by atoms with E-state index in [-0.39, 0.29) is 24.1 Å². The van der Waals surface area contributed by atoms with Crippen molar-refractivity contribution >= 4 is 23.4 Å². The minimum absolute atomic E-state index is 0.0335. The molecule has 2 amide bonds. The lowest BCUT2D eigenvalue weighted by atomic mass is 10.2. The summed E-state index contributed by atoms with van der Waals surface area (Å²) in [4.78, 5) is 28.1. The standard InChI is InChI=1S/C14H17ClN4O2/c15-11-12(8-1-2-8)16-17-13(11)14(21)18-5-6-19(9-3-4-9)10(20)7-18/h8-9H,1-7H2,(H,16,17). The summed E-state index contributed by atoms with van der Waals surface area (Å²) < 4.78 is 0. The highest BCUT2D eigenvalue weighted by Crippen LogP contribution is 2.43. The van der Waals surface area contributed by atoms with E-state index in [1.54, 1.807) is 4.90 Å². The molecule has 3 aliphatic rings. The molecule has 7 heteroatoms. The molecular formula is C14H17ClN4O2. The monoisotopic (exact) mass is 308 g/mol. The Hall–Kier alpha value is -1.56. The van der Waals surface area contributed by atoms with Gasteiger partial charge in [-0.15, -0.1) is 0 Å². The van der Waals surface area contributed by atoms with Gasteiger partial charge < -0.3 is 9.80 Å². The molecule has 112 valence electrons. The van der Waals surface area contributed by atoms with Crippen molar-refractivity contribution in [2.45, 2.75) is 37.6 Å². The predicted octanol–water partition coefficient (Wildman–Crippen LogP) is 1.39. The van der Waals surface area contributed by atoms with E-state index in [9.17, 15) is 9.59 Å². The average molecular weight is 309 g/mol. The predicted molar refractivity (Wildman–Crippen MR) is 76.2 cm³/mol. The van der Waals surface area contributed by atoms with Crippen molar-refractivity contribution < 1.29 is 9.59 Å². The van der Waals surface area contributed by atoms with E-state index in [0.717, 1.165) is 31.4 Å². The molecule has 0 radical (unpaired) electrons. The number of H-pyrrole nitrogens is 1. The number of aromatic amines is 1. The van der Waals surface area contributed by atoms with Crippen molar-refractivity contribution in [3.05, 3.63) is 16.4 Å². The first kappa shape index (κ1) is 13.1. The third-order valence-corrected chi connectivity index (χ3v) is 4.84.